The Kier molecular flexibility index (Phi) is 5.84. The molecule has 0 aliphatic rings. The molecule has 1 aromatic heterocycles. The molecular formula is C21H21NO5S. The number of carboxylic acids is 1. The van der Waals surface area contributed by atoms with Crippen LogP contribution >= 0.6 is 11.3 Å². The monoisotopic (exact) mass is 399 g/mol. The lowest BCUT2D eigenvalue weighted by atomic mass is 10.1. The molecule has 0 radical (unpaired) electrons. The Labute approximate surface area is 166 Å². The van der Waals surface area contributed by atoms with E-state index >= 15 is 0 Å². The molecule has 0 fully saturated rings. The smallest absolute Gasteiger partial charge is 0.335 e. The Balaban J connectivity index is 1.84. The third-order valence-corrected chi connectivity index (χ3v) is 5.21. The summed E-state index contributed by atoms with van der Waals surface area (Å²) < 4.78 is 12.2. The maximum Gasteiger partial charge on any atom is 0.335 e. The average Bonchev–Trinajstić information content (AvgIpc) is 3.03. The lowest BCUT2D eigenvalue weighted by molar-refractivity contribution is 0.0696. The van der Waals surface area contributed by atoms with Crippen LogP contribution < -0.4 is 14.8 Å². The highest BCUT2D eigenvalue weighted by Crippen LogP contribution is 2.40. The molecule has 1 amide bonds. The highest BCUT2D eigenvalue weighted by Gasteiger charge is 2.21. The van der Waals surface area contributed by atoms with Gasteiger partial charge in [0.05, 0.1) is 18.8 Å². The van der Waals surface area contributed by atoms with Crippen molar-refractivity contribution in [2.24, 2.45) is 0 Å². The van der Waals surface area contributed by atoms with E-state index in [9.17, 15) is 9.59 Å². The molecule has 1 heterocycles. The molecule has 7 heteroatoms. The van der Waals surface area contributed by atoms with Crippen LogP contribution in [0.3, 0.4) is 0 Å². The van der Waals surface area contributed by atoms with E-state index in [0.717, 1.165) is 15.6 Å². The van der Waals surface area contributed by atoms with Crippen molar-refractivity contribution < 1.29 is 24.2 Å². The summed E-state index contributed by atoms with van der Waals surface area (Å²) >= 11 is 1.36. The van der Waals surface area contributed by atoms with Crippen LogP contribution in [0.25, 0.3) is 10.1 Å². The topological polar surface area (TPSA) is 84.9 Å². The number of hydrogen-bond acceptors (Lipinski definition) is 5. The number of ether oxygens (including phenoxy) is 2. The van der Waals surface area contributed by atoms with Crippen LogP contribution in [0.5, 0.6) is 11.5 Å². The average molecular weight is 399 g/mol. The molecule has 0 bridgehead atoms. The number of nitrogens with one attached hydrogen (secondary N) is 1. The first kappa shape index (κ1) is 19.7. The highest BCUT2D eigenvalue weighted by atomic mass is 32.1. The van der Waals surface area contributed by atoms with E-state index in [4.69, 9.17) is 14.6 Å². The quantitative estimate of drug-likeness (QED) is 0.618. The van der Waals surface area contributed by atoms with E-state index in [2.05, 4.69) is 5.32 Å². The van der Waals surface area contributed by atoms with Crippen molar-refractivity contribution in [1.29, 1.82) is 0 Å². The Morgan fingerprint density at radius 2 is 1.86 bits per heavy atom. The Morgan fingerprint density at radius 1 is 1.14 bits per heavy atom. The van der Waals surface area contributed by atoms with Gasteiger partial charge in [-0.15, -0.1) is 11.3 Å². The zero-order chi connectivity index (χ0) is 20.3. The van der Waals surface area contributed by atoms with E-state index in [0.29, 0.717) is 16.4 Å². The summed E-state index contributed by atoms with van der Waals surface area (Å²) in [4.78, 5) is 24.2. The minimum Gasteiger partial charge on any atom is -0.497 e. The predicted molar refractivity (Wildman–Crippen MR) is 109 cm³/mol. The van der Waals surface area contributed by atoms with Crippen LogP contribution in [-0.4, -0.2) is 30.2 Å². The van der Waals surface area contributed by atoms with Gasteiger partial charge in [0.15, 0.2) is 5.75 Å². The van der Waals surface area contributed by atoms with Crippen LogP contribution in [0.2, 0.25) is 0 Å². The van der Waals surface area contributed by atoms with Crippen molar-refractivity contribution in [1.82, 2.24) is 5.32 Å². The lowest BCUT2D eigenvalue weighted by Gasteiger charge is -2.12. The predicted octanol–water partition coefficient (Wildman–Crippen LogP) is 4.33. The van der Waals surface area contributed by atoms with Gasteiger partial charge < -0.3 is 19.9 Å². The third-order valence-electron chi connectivity index (χ3n) is 4.06. The number of rotatable bonds is 7. The Bertz CT molecular complexity index is 1010. The summed E-state index contributed by atoms with van der Waals surface area (Å²) in [5.41, 5.74) is 1.02. The van der Waals surface area contributed by atoms with Gasteiger partial charge in [-0.2, -0.15) is 0 Å². The SMILES string of the molecule is COc1ccc2sc(C(=O)NCc3ccc(C(=O)O)cc3)c(OC(C)C)c2c1. The number of aromatic carboxylic acids is 1. The number of carboxylic acid groups (broad SMARTS) is 1. The van der Waals surface area contributed by atoms with Crippen molar-refractivity contribution in [3.05, 3.63) is 58.5 Å². The summed E-state index contributed by atoms with van der Waals surface area (Å²) in [5.74, 6) is 0.0295. The number of hydrogen-bond donors (Lipinski definition) is 2. The standard InChI is InChI=1S/C21H21NO5S/c1-12(2)27-18-16-10-15(26-3)8-9-17(16)28-19(18)20(23)22-11-13-4-6-14(7-5-13)21(24)25/h4-10,12H,11H2,1-3H3,(H,22,23)(H,24,25). The highest BCUT2D eigenvalue weighted by molar-refractivity contribution is 7.21. The molecule has 2 N–H and O–H groups in total. The first-order valence-electron chi connectivity index (χ1n) is 8.76. The molecule has 0 unspecified atom stereocenters. The van der Waals surface area contributed by atoms with Gasteiger partial charge in [0, 0.05) is 16.6 Å². The summed E-state index contributed by atoms with van der Waals surface area (Å²) in [5, 5.41) is 12.7. The normalized spacial score (nSPS) is 10.9. The molecule has 28 heavy (non-hydrogen) atoms. The van der Waals surface area contributed by atoms with Crippen LogP contribution in [0.1, 0.15) is 39.4 Å². The van der Waals surface area contributed by atoms with E-state index in [1.165, 1.54) is 23.5 Å². The van der Waals surface area contributed by atoms with Crippen LogP contribution in [0, 0.1) is 0 Å². The minimum absolute atomic E-state index is 0.0842. The zero-order valence-electron chi connectivity index (χ0n) is 15.8. The first-order chi connectivity index (χ1) is 13.4. The molecule has 0 aliphatic carbocycles. The second kappa shape index (κ2) is 8.31. The van der Waals surface area contributed by atoms with Gasteiger partial charge in [0.2, 0.25) is 0 Å². The van der Waals surface area contributed by atoms with E-state index in [1.807, 2.05) is 32.0 Å². The van der Waals surface area contributed by atoms with Gasteiger partial charge in [0.25, 0.3) is 5.91 Å². The largest absolute Gasteiger partial charge is 0.497 e. The number of benzene rings is 2. The maximum atomic E-state index is 12.8. The number of amides is 1. The summed E-state index contributed by atoms with van der Waals surface area (Å²) in [6.45, 7) is 4.11. The van der Waals surface area contributed by atoms with Gasteiger partial charge in [-0.05, 0) is 49.7 Å². The second-order valence-electron chi connectivity index (χ2n) is 6.47. The molecule has 3 aromatic rings. The third kappa shape index (κ3) is 4.26. The second-order valence-corrected chi connectivity index (χ2v) is 7.53. The molecule has 6 nitrogen and oxygen atoms in total. The lowest BCUT2D eigenvalue weighted by Crippen LogP contribution is -2.23. The van der Waals surface area contributed by atoms with Crippen LogP contribution in [0.15, 0.2) is 42.5 Å². The van der Waals surface area contributed by atoms with Crippen molar-refractivity contribution in [3.8, 4) is 11.5 Å². The summed E-state index contributed by atoms with van der Waals surface area (Å²) in [6, 6.07) is 12.0. The van der Waals surface area contributed by atoms with Gasteiger partial charge in [-0.1, -0.05) is 12.1 Å². The molecule has 0 saturated carbocycles. The van der Waals surface area contributed by atoms with E-state index in [1.54, 1.807) is 19.2 Å². The minimum atomic E-state index is -0.980. The van der Waals surface area contributed by atoms with Crippen molar-refractivity contribution in [3.63, 3.8) is 0 Å². The molecule has 2 aromatic carbocycles. The fraction of sp³-hybridized carbons (Fsp3) is 0.238. The van der Waals surface area contributed by atoms with E-state index in [-0.39, 0.29) is 24.1 Å². The van der Waals surface area contributed by atoms with Gasteiger partial charge in [-0.25, -0.2) is 4.79 Å². The van der Waals surface area contributed by atoms with E-state index < -0.39 is 5.97 Å². The fourth-order valence-electron chi connectivity index (χ4n) is 2.71. The van der Waals surface area contributed by atoms with Crippen molar-refractivity contribution in [2.75, 3.05) is 7.11 Å². The zero-order valence-corrected chi connectivity index (χ0v) is 16.6. The first-order valence-corrected chi connectivity index (χ1v) is 9.58. The van der Waals surface area contributed by atoms with Gasteiger partial charge in [0.1, 0.15) is 10.6 Å². The van der Waals surface area contributed by atoms with Crippen molar-refractivity contribution in [2.45, 2.75) is 26.5 Å². The molecule has 0 aliphatic heterocycles. The Hall–Kier alpha value is -3.06. The molecule has 146 valence electrons. The summed E-state index contributed by atoms with van der Waals surface area (Å²) in [6.07, 6.45) is -0.0842. The number of fused-ring (bicyclic) bond motifs is 1. The molecule has 0 saturated heterocycles. The number of carbonyl (C=O) groups is 2. The molecular weight excluding hydrogens is 378 g/mol. The molecule has 0 atom stereocenters. The Morgan fingerprint density at radius 3 is 2.46 bits per heavy atom. The molecule has 0 spiro atoms. The van der Waals surface area contributed by atoms with Crippen molar-refractivity contribution >= 4 is 33.3 Å². The van der Waals surface area contributed by atoms with Crippen LogP contribution in [-0.2, 0) is 6.54 Å². The fourth-order valence-corrected chi connectivity index (χ4v) is 3.74. The number of carbonyl (C=O) groups excluding carboxylic acids is 1. The number of methoxy groups -OCH3 is 1. The molecule has 3 rings (SSSR count). The summed E-state index contributed by atoms with van der Waals surface area (Å²) in [7, 11) is 1.60. The van der Waals surface area contributed by atoms with Gasteiger partial charge >= 0.3 is 5.97 Å². The maximum absolute atomic E-state index is 12.8. The number of thiophene rings is 1. The van der Waals surface area contributed by atoms with Crippen LogP contribution in [0.4, 0.5) is 0 Å². The van der Waals surface area contributed by atoms with Gasteiger partial charge in [-0.3, -0.25) is 4.79 Å².